The maximum absolute atomic E-state index is 12.3. The molecule has 19 heavy (non-hydrogen) atoms. The fourth-order valence-electron chi connectivity index (χ4n) is 2.30. The smallest absolute Gasteiger partial charge is 0.253 e. The van der Waals surface area contributed by atoms with Crippen molar-refractivity contribution < 1.29 is 9.90 Å². The van der Waals surface area contributed by atoms with Crippen LogP contribution in [0.4, 0.5) is 0 Å². The molecule has 3 heteroatoms. The average Bonchev–Trinajstić information content (AvgIpc) is 2.38. The summed E-state index contributed by atoms with van der Waals surface area (Å²) in [6, 6.07) is 7.58. The summed E-state index contributed by atoms with van der Waals surface area (Å²) in [4.78, 5) is 14.0. The standard InChI is InChI=1S/C16H25NO2/c1-6-15(12(4)18)17(5)16(19)14-9-7-13(8-10-14)11(2)3/h7-12,15,18H,6H2,1-5H3/t12-,15-/m0/s1. The summed E-state index contributed by atoms with van der Waals surface area (Å²) in [6.45, 7) is 7.95. The van der Waals surface area contributed by atoms with E-state index >= 15 is 0 Å². The molecule has 0 radical (unpaired) electrons. The van der Waals surface area contributed by atoms with Gasteiger partial charge in [-0.05, 0) is 37.0 Å². The maximum atomic E-state index is 12.3. The zero-order valence-corrected chi connectivity index (χ0v) is 12.6. The third kappa shape index (κ3) is 3.80. The van der Waals surface area contributed by atoms with Gasteiger partial charge >= 0.3 is 0 Å². The van der Waals surface area contributed by atoms with Crippen molar-refractivity contribution in [3.05, 3.63) is 35.4 Å². The molecule has 0 saturated carbocycles. The van der Waals surface area contributed by atoms with Gasteiger partial charge in [-0.15, -0.1) is 0 Å². The second-order valence-electron chi connectivity index (χ2n) is 5.41. The highest BCUT2D eigenvalue weighted by Crippen LogP contribution is 2.17. The largest absolute Gasteiger partial charge is 0.391 e. The minimum Gasteiger partial charge on any atom is -0.391 e. The summed E-state index contributed by atoms with van der Waals surface area (Å²) in [5.74, 6) is 0.422. The van der Waals surface area contributed by atoms with Crippen LogP contribution in [0, 0.1) is 0 Å². The van der Waals surface area contributed by atoms with Crippen LogP contribution in [0.5, 0.6) is 0 Å². The van der Waals surface area contributed by atoms with Crippen LogP contribution < -0.4 is 0 Å². The van der Waals surface area contributed by atoms with Crippen LogP contribution >= 0.6 is 0 Å². The lowest BCUT2D eigenvalue weighted by Gasteiger charge is -2.29. The van der Waals surface area contributed by atoms with E-state index in [1.54, 1.807) is 18.9 Å². The Hall–Kier alpha value is -1.35. The fourth-order valence-corrected chi connectivity index (χ4v) is 2.30. The Morgan fingerprint density at radius 3 is 2.11 bits per heavy atom. The molecule has 0 bridgehead atoms. The second kappa shape index (κ2) is 6.71. The van der Waals surface area contributed by atoms with Gasteiger partial charge in [0.2, 0.25) is 0 Å². The second-order valence-corrected chi connectivity index (χ2v) is 5.41. The molecule has 1 aromatic rings. The molecular weight excluding hydrogens is 238 g/mol. The zero-order chi connectivity index (χ0) is 14.6. The molecule has 1 aromatic carbocycles. The van der Waals surface area contributed by atoms with Gasteiger partial charge in [0.05, 0.1) is 12.1 Å². The van der Waals surface area contributed by atoms with Gasteiger partial charge in [-0.1, -0.05) is 32.9 Å². The Labute approximate surface area is 116 Å². The molecule has 0 saturated heterocycles. The van der Waals surface area contributed by atoms with Crippen LogP contribution in [-0.4, -0.2) is 35.1 Å². The third-order valence-electron chi connectivity index (χ3n) is 3.62. The topological polar surface area (TPSA) is 40.5 Å². The molecule has 0 aliphatic rings. The quantitative estimate of drug-likeness (QED) is 0.887. The van der Waals surface area contributed by atoms with Crippen molar-refractivity contribution >= 4 is 5.91 Å². The predicted molar refractivity (Wildman–Crippen MR) is 78.4 cm³/mol. The van der Waals surface area contributed by atoms with Crippen LogP contribution in [0.3, 0.4) is 0 Å². The SMILES string of the molecule is CC[C@@H]([C@H](C)O)N(C)C(=O)c1ccc(C(C)C)cc1. The molecule has 0 spiro atoms. The lowest BCUT2D eigenvalue weighted by Crippen LogP contribution is -2.43. The van der Waals surface area contributed by atoms with E-state index in [9.17, 15) is 9.90 Å². The molecule has 1 N–H and O–H groups in total. The summed E-state index contributed by atoms with van der Waals surface area (Å²) in [6.07, 6.45) is 0.221. The molecule has 3 nitrogen and oxygen atoms in total. The Morgan fingerprint density at radius 2 is 1.74 bits per heavy atom. The number of rotatable bonds is 5. The number of carbonyl (C=O) groups excluding carboxylic acids is 1. The number of hydrogen-bond donors (Lipinski definition) is 1. The summed E-state index contributed by atoms with van der Waals surface area (Å²) in [5.41, 5.74) is 1.90. The molecule has 1 amide bonds. The van der Waals surface area contributed by atoms with Gasteiger partial charge in [0.25, 0.3) is 5.91 Å². The van der Waals surface area contributed by atoms with Crippen molar-refractivity contribution in [1.82, 2.24) is 4.90 Å². The van der Waals surface area contributed by atoms with E-state index in [1.807, 2.05) is 31.2 Å². The van der Waals surface area contributed by atoms with Crippen LogP contribution in [0.25, 0.3) is 0 Å². The summed E-state index contributed by atoms with van der Waals surface area (Å²) < 4.78 is 0. The van der Waals surface area contributed by atoms with Crippen molar-refractivity contribution in [2.45, 2.75) is 52.2 Å². The molecule has 2 atom stereocenters. The number of benzene rings is 1. The van der Waals surface area contributed by atoms with Crippen LogP contribution in [-0.2, 0) is 0 Å². The first-order chi connectivity index (χ1) is 8.88. The Balaban J connectivity index is 2.87. The van der Waals surface area contributed by atoms with Crippen LogP contribution in [0.15, 0.2) is 24.3 Å². The normalized spacial score (nSPS) is 14.3. The third-order valence-corrected chi connectivity index (χ3v) is 3.62. The van der Waals surface area contributed by atoms with Gasteiger partial charge in [0.15, 0.2) is 0 Å². The van der Waals surface area contributed by atoms with Crippen molar-refractivity contribution in [2.75, 3.05) is 7.05 Å². The number of hydrogen-bond acceptors (Lipinski definition) is 2. The molecule has 106 valence electrons. The first-order valence-corrected chi connectivity index (χ1v) is 6.93. The minimum absolute atomic E-state index is 0.0388. The van der Waals surface area contributed by atoms with E-state index in [4.69, 9.17) is 0 Å². The number of nitrogens with zero attached hydrogens (tertiary/aromatic N) is 1. The Bertz CT molecular complexity index is 409. The fraction of sp³-hybridized carbons (Fsp3) is 0.562. The summed E-state index contributed by atoms with van der Waals surface area (Å²) >= 11 is 0. The van der Waals surface area contributed by atoms with Gasteiger partial charge < -0.3 is 10.0 Å². The molecule has 0 aliphatic carbocycles. The van der Waals surface area contributed by atoms with E-state index < -0.39 is 6.10 Å². The van der Waals surface area contributed by atoms with Crippen molar-refractivity contribution in [3.63, 3.8) is 0 Å². The molecule has 0 unspecified atom stereocenters. The van der Waals surface area contributed by atoms with Gasteiger partial charge in [0, 0.05) is 12.6 Å². The number of likely N-dealkylation sites (N-methyl/N-ethyl adjacent to an activating group) is 1. The van der Waals surface area contributed by atoms with Crippen molar-refractivity contribution in [2.24, 2.45) is 0 Å². The van der Waals surface area contributed by atoms with E-state index in [2.05, 4.69) is 13.8 Å². The van der Waals surface area contributed by atoms with Crippen LogP contribution in [0.1, 0.15) is 56.0 Å². The van der Waals surface area contributed by atoms with E-state index in [-0.39, 0.29) is 11.9 Å². The zero-order valence-electron chi connectivity index (χ0n) is 12.6. The van der Waals surface area contributed by atoms with Gasteiger partial charge in [-0.25, -0.2) is 0 Å². The predicted octanol–water partition coefficient (Wildman–Crippen LogP) is 3.04. The Kier molecular flexibility index (Phi) is 5.55. The van der Waals surface area contributed by atoms with Gasteiger partial charge in [0.1, 0.15) is 0 Å². The number of amides is 1. The highest BCUT2D eigenvalue weighted by Gasteiger charge is 2.23. The average molecular weight is 263 g/mol. The molecule has 0 fully saturated rings. The molecule has 1 rings (SSSR count). The maximum Gasteiger partial charge on any atom is 0.253 e. The number of carbonyl (C=O) groups is 1. The first-order valence-electron chi connectivity index (χ1n) is 6.93. The molecule has 0 aliphatic heterocycles. The van der Waals surface area contributed by atoms with Crippen LogP contribution in [0.2, 0.25) is 0 Å². The highest BCUT2D eigenvalue weighted by molar-refractivity contribution is 5.94. The van der Waals surface area contributed by atoms with E-state index in [1.165, 1.54) is 5.56 Å². The van der Waals surface area contributed by atoms with Gasteiger partial charge in [-0.3, -0.25) is 4.79 Å². The van der Waals surface area contributed by atoms with Gasteiger partial charge in [-0.2, -0.15) is 0 Å². The summed E-state index contributed by atoms with van der Waals surface area (Å²) in [7, 11) is 1.75. The lowest BCUT2D eigenvalue weighted by molar-refractivity contribution is 0.0485. The van der Waals surface area contributed by atoms with E-state index in [0.29, 0.717) is 11.5 Å². The minimum atomic E-state index is -0.520. The van der Waals surface area contributed by atoms with Crippen molar-refractivity contribution in [3.8, 4) is 0 Å². The molecule has 0 heterocycles. The summed E-state index contributed by atoms with van der Waals surface area (Å²) in [5, 5.41) is 9.70. The lowest BCUT2D eigenvalue weighted by atomic mass is 10.0. The highest BCUT2D eigenvalue weighted by atomic mass is 16.3. The monoisotopic (exact) mass is 263 g/mol. The molecule has 0 aromatic heterocycles. The van der Waals surface area contributed by atoms with E-state index in [0.717, 1.165) is 6.42 Å². The molecular formula is C16H25NO2. The van der Waals surface area contributed by atoms with Crippen molar-refractivity contribution in [1.29, 1.82) is 0 Å². The number of aliphatic hydroxyl groups is 1. The first kappa shape index (κ1) is 15.7. The Morgan fingerprint density at radius 1 is 1.21 bits per heavy atom. The number of aliphatic hydroxyl groups excluding tert-OH is 1.